The van der Waals surface area contributed by atoms with E-state index in [1.54, 1.807) is 0 Å². The topological polar surface area (TPSA) is 52.6 Å². The molecule has 3 saturated heterocycles. The summed E-state index contributed by atoms with van der Waals surface area (Å²) in [5.41, 5.74) is 0. The van der Waals surface area contributed by atoms with Gasteiger partial charge in [0.2, 0.25) is 0 Å². The Kier molecular flexibility index (Phi) is 2.23. The van der Waals surface area contributed by atoms with Crippen molar-refractivity contribution in [3.63, 3.8) is 0 Å². The van der Waals surface area contributed by atoms with Crippen molar-refractivity contribution in [2.75, 3.05) is 18.8 Å². The average molecular weight is 228 g/mol. The molecule has 4 nitrogen and oxygen atoms in total. The molecule has 0 radical (unpaired) electrons. The van der Waals surface area contributed by atoms with Gasteiger partial charge >= 0.3 is 5.97 Å². The fourth-order valence-electron chi connectivity index (χ4n) is 3.18. The van der Waals surface area contributed by atoms with Crippen LogP contribution >= 0.6 is 11.8 Å². The van der Waals surface area contributed by atoms with E-state index in [0.29, 0.717) is 6.04 Å². The van der Waals surface area contributed by atoms with Crippen LogP contribution in [0.25, 0.3) is 0 Å². The van der Waals surface area contributed by atoms with Crippen LogP contribution in [-0.2, 0) is 4.79 Å². The van der Waals surface area contributed by atoms with Gasteiger partial charge in [0, 0.05) is 18.3 Å². The van der Waals surface area contributed by atoms with Crippen LogP contribution in [-0.4, -0.2) is 51.8 Å². The van der Waals surface area contributed by atoms with Gasteiger partial charge in [-0.3, -0.25) is 15.0 Å². The predicted molar refractivity (Wildman–Crippen MR) is 59.0 cm³/mol. The number of nitrogens with zero attached hydrogens (tertiary/aromatic N) is 1. The molecule has 0 aromatic heterocycles. The molecule has 0 aromatic rings. The van der Waals surface area contributed by atoms with E-state index in [-0.39, 0.29) is 10.9 Å². The summed E-state index contributed by atoms with van der Waals surface area (Å²) in [6, 6.07) is 0.238. The van der Waals surface area contributed by atoms with Gasteiger partial charge in [-0.15, -0.1) is 11.8 Å². The number of carbonyl (C=O) groups is 1. The summed E-state index contributed by atoms with van der Waals surface area (Å²) >= 11 is 1.83. The Balaban J connectivity index is 1.78. The Bertz CT molecular complexity index is 299. The SMILES string of the molecule is O=C(O)C1CSC2(CCN3CCCC32)N1. The van der Waals surface area contributed by atoms with E-state index in [1.165, 1.54) is 19.4 Å². The third kappa shape index (κ3) is 1.40. The van der Waals surface area contributed by atoms with E-state index in [9.17, 15) is 4.79 Å². The Hall–Kier alpha value is -0.260. The summed E-state index contributed by atoms with van der Waals surface area (Å²) in [5, 5.41) is 12.4. The van der Waals surface area contributed by atoms with E-state index < -0.39 is 5.97 Å². The van der Waals surface area contributed by atoms with E-state index in [0.717, 1.165) is 18.7 Å². The Morgan fingerprint density at radius 1 is 1.53 bits per heavy atom. The molecule has 3 atom stereocenters. The zero-order chi connectivity index (χ0) is 10.5. The van der Waals surface area contributed by atoms with Crippen LogP contribution in [0, 0.1) is 0 Å². The van der Waals surface area contributed by atoms with Crippen LogP contribution in [0.15, 0.2) is 0 Å². The molecule has 3 unspecified atom stereocenters. The van der Waals surface area contributed by atoms with Gasteiger partial charge in [-0.25, -0.2) is 0 Å². The molecule has 0 saturated carbocycles. The number of carboxylic acids is 1. The van der Waals surface area contributed by atoms with Gasteiger partial charge in [0.15, 0.2) is 0 Å². The summed E-state index contributed by atoms with van der Waals surface area (Å²) in [5.74, 6) is 0.0236. The number of nitrogens with one attached hydrogen (secondary N) is 1. The third-order valence-electron chi connectivity index (χ3n) is 3.90. The maximum atomic E-state index is 10.9. The van der Waals surface area contributed by atoms with Gasteiger partial charge in [0.1, 0.15) is 6.04 Å². The van der Waals surface area contributed by atoms with Crippen molar-refractivity contribution in [1.29, 1.82) is 0 Å². The number of hydrogen-bond acceptors (Lipinski definition) is 4. The third-order valence-corrected chi connectivity index (χ3v) is 5.51. The van der Waals surface area contributed by atoms with Gasteiger partial charge in [-0.1, -0.05) is 0 Å². The van der Waals surface area contributed by atoms with E-state index in [1.807, 2.05) is 11.8 Å². The highest BCUT2D eigenvalue weighted by molar-refractivity contribution is 8.01. The average Bonchev–Trinajstić information content (AvgIpc) is 2.88. The fourth-order valence-corrected chi connectivity index (χ4v) is 4.79. The molecule has 3 rings (SSSR count). The lowest BCUT2D eigenvalue weighted by Gasteiger charge is -2.30. The molecule has 3 aliphatic rings. The first-order chi connectivity index (χ1) is 7.21. The Labute approximate surface area is 93.4 Å². The number of aliphatic carboxylic acids is 1. The largest absolute Gasteiger partial charge is 0.480 e. The number of fused-ring (bicyclic) bond motifs is 2. The molecule has 15 heavy (non-hydrogen) atoms. The molecular formula is C10H16N2O2S. The number of thioether (sulfide) groups is 1. The van der Waals surface area contributed by atoms with Gasteiger partial charge < -0.3 is 5.11 Å². The van der Waals surface area contributed by atoms with Crippen molar-refractivity contribution in [3.05, 3.63) is 0 Å². The first-order valence-corrected chi connectivity index (χ1v) is 6.58. The molecule has 0 aromatic carbocycles. The highest BCUT2D eigenvalue weighted by Crippen LogP contribution is 2.46. The van der Waals surface area contributed by atoms with Crippen LogP contribution in [0.2, 0.25) is 0 Å². The number of hydrogen-bond donors (Lipinski definition) is 2. The summed E-state index contributed by atoms with van der Waals surface area (Å²) < 4.78 is 0. The van der Waals surface area contributed by atoms with Crippen molar-refractivity contribution in [1.82, 2.24) is 10.2 Å². The van der Waals surface area contributed by atoms with Crippen molar-refractivity contribution >= 4 is 17.7 Å². The zero-order valence-corrected chi connectivity index (χ0v) is 9.42. The first kappa shape index (κ1) is 9.93. The summed E-state index contributed by atoms with van der Waals surface area (Å²) in [4.78, 5) is 13.5. The molecule has 1 spiro atoms. The minimum Gasteiger partial charge on any atom is -0.480 e. The second kappa shape index (κ2) is 3.37. The quantitative estimate of drug-likeness (QED) is 0.678. The molecule has 0 amide bonds. The Morgan fingerprint density at radius 3 is 3.13 bits per heavy atom. The normalized spacial score (nSPS) is 45.1. The monoisotopic (exact) mass is 228 g/mol. The highest BCUT2D eigenvalue weighted by Gasteiger charge is 2.54. The zero-order valence-electron chi connectivity index (χ0n) is 8.61. The predicted octanol–water partition coefficient (Wildman–Crippen LogP) is 0.340. The second-order valence-corrected chi connectivity index (χ2v) is 6.03. The van der Waals surface area contributed by atoms with E-state index in [4.69, 9.17) is 5.11 Å². The van der Waals surface area contributed by atoms with E-state index >= 15 is 0 Å². The maximum Gasteiger partial charge on any atom is 0.321 e. The molecule has 3 fully saturated rings. The summed E-state index contributed by atoms with van der Waals surface area (Å²) in [6.45, 7) is 2.34. The fraction of sp³-hybridized carbons (Fsp3) is 0.900. The lowest BCUT2D eigenvalue weighted by Crippen LogP contribution is -2.51. The summed E-state index contributed by atoms with van der Waals surface area (Å²) in [7, 11) is 0. The molecule has 2 N–H and O–H groups in total. The minimum absolute atomic E-state index is 0.0551. The van der Waals surface area contributed by atoms with Crippen molar-refractivity contribution in [3.8, 4) is 0 Å². The smallest absolute Gasteiger partial charge is 0.321 e. The highest BCUT2D eigenvalue weighted by atomic mass is 32.2. The van der Waals surface area contributed by atoms with Gasteiger partial charge in [0.05, 0.1) is 4.87 Å². The molecular weight excluding hydrogens is 212 g/mol. The molecule has 0 aliphatic carbocycles. The first-order valence-electron chi connectivity index (χ1n) is 5.60. The van der Waals surface area contributed by atoms with Crippen LogP contribution in [0.3, 0.4) is 0 Å². The van der Waals surface area contributed by atoms with Crippen LogP contribution < -0.4 is 5.32 Å². The molecule has 0 bridgehead atoms. The van der Waals surface area contributed by atoms with Crippen LogP contribution in [0.4, 0.5) is 0 Å². The van der Waals surface area contributed by atoms with Crippen molar-refractivity contribution < 1.29 is 9.90 Å². The number of carboxylic acid groups (broad SMARTS) is 1. The molecule has 3 heterocycles. The Morgan fingerprint density at radius 2 is 2.40 bits per heavy atom. The lowest BCUT2D eigenvalue weighted by molar-refractivity contribution is -0.138. The van der Waals surface area contributed by atoms with Crippen LogP contribution in [0.5, 0.6) is 0 Å². The standard InChI is InChI=1S/C10H16N2O2S/c13-9(14)7-6-15-10(11-7)3-5-12-4-1-2-8(10)12/h7-8,11H,1-6H2,(H,13,14). The van der Waals surface area contributed by atoms with E-state index in [2.05, 4.69) is 10.2 Å². The minimum atomic E-state index is -0.698. The summed E-state index contributed by atoms with van der Waals surface area (Å²) in [6.07, 6.45) is 3.60. The molecule has 5 heteroatoms. The maximum absolute atomic E-state index is 10.9. The number of rotatable bonds is 1. The van der Waals surface area contributed by atoms with Crippen LogP contribution in [0.1, 0.15) is 19.3 Å². The van der Waals surface area contributed by atoms with Gasteiger partial charge in [-0.05, 0) is 25.8 Å². The van der Waals surface area contributed by atoms with Crippen molar-refractivity contribution in [2.24, 2.45) is 0 Å². The molecule has 3 aliphatic heterocycles. The second-order valence-electron chi connectivity index (χ2n) is 4.68. The van der Waals surface area contributed by atoms with Gasteiger partial charge in [-0.2, -0.15) is 0 Å². The van der Waals surface area contributed by atoms with Gasteiger partial charge in [0.25, 0.3) is 0 Å². The lowest BCUT2D eigenvalue weighted by atomic mass is 10.1. The van der Waals surface area contributed by atoms with Crippen molar-refractivity contribution in [2.45, 2.75) is 36.2 Å². The molecule has 84 valence electrons.